The molecular formula is C5H9NO4S. The van der Waals surface area contributed by atoms with Gasteiger partial charge in [-0.05, 0) is 0 Å². The maximum atomic E-state index is 10.6. The SMILES string of the molecule is CC(=O)OOC(=O)C(N)CS. The van der Waals surface area contributed by atoms with Gasteiger partial charge in [-0.25, -0.2) is 19.4 Å². The summed E-state index contributed by atoms with van der Waals surface area (Å²) in [6.07, 6.45) is 0. The van der Waals surface area contributed by atoms with Gasteiger partial charge < -0.3 is 5.73 Å². The summed E-state index contributed by atoms with van der Waals surface area (Å²) in [4.78, 5) is 28.6. The zero-order chi connectivity index (χ0) is 8.85. The van der Waals surface area contributed by atoms with Crippen molar-refractivity contribution in [1.29, 1.82) is 0 Å². The Labute approximate surface area is 69.2 Å². The van der Waals surface area contributed by atoms with Gasteiger partial charge in [0.15, 0.2) is 0 Å². The highest BCUT2D eigenvalue weighted by atomic mass is 32.1. The summed E-state index contributed by atoms with van der Waals surface area (Å²) in [6, 6.07) is -0.863. The molecular weight excluding hydrogens is 170 g/mol. The molecule has 0 spiro atoms. The van der Waals surface area contributed by atoms with E-state index in [1.807, 2.05) is 0 Å². The lowest BCUT2D eigenvalue weighted by Gasteiger charge is -2.04. The zero-order valence-electron chi connectivity index (χ0n) is 5.94. The number of thiol groups is 1. The largest absolute Gasteiger partial charge is 0.372 e. The monoisotopic (exact) mass is 179 g/mol. The first-order valence-electron chi connectivity index (χ1n) is 2.83. The van der Waals surface area contributed by atoms with Crippen molar-refractivity contribution in [2.24, 2.45) is 5.73 Å². The van der Waals surface area contributed by atoms with E-state index in [0.717, 1.165) is 6.92 Å². The third kappa shape index (κ3) is 4.63. The van der Waals surface area contributed by atoms with Crippen molar-refractivity contribution in [3.63, 3.8) is 0 Å². The molecule has 5 nitrogen and oxygen atoms in total. The third-order valence-corrected chi connectivity index (χ3v) is 1.13. The molecule has 2 N–H and O–H groups in total. The molecule has 0 aromatic heterocycles. The fourth-order valence-electron chi connectivity index (χ4n) is 0.236. The van der Waals surface area contributed by atoms with Crippen LogP contribution in [0.3, 0.4) is 0 Å². The van der Waals surface area contributed by atoms with Gasteiger partial charge in [0.25, 0.3) is 0 Å². The molecule has 0 radical (unpaired) electrons. The minimum absolute atomic E-state index is 0.139. The van der Waals surface area contributed by atoms with Gasteiger partial charge in [-0.15, -0.1) is 0 Å². The molecule has 6 heteroatoms. The van der Waals surface area contributed by atoms with Gasteiger partial charge in [0, 0.05) is 12.7 Å². The minimum Gasteiger partial charge on any atom is -0.318 e. The molecule has 0 bridgehead atoms. The second kappa shape index (κ2) is 4.97. The summed E-state index contributed by atoms with van der Waals surface area (Å²) in [7, 11) is 0. The van der Waals surface area contributed by atoms with Crippen LogP contribution >= 0.6 is 12.6 Å². The summed E-state index contributed by atoms with van der Waals surface area (Å²) in [6.45, 7) is 1.11. The van der Waals surface area contributed by atoms with Gasteiger partial charge in [-0.1, -0.05) is 0 Å². The topological polar surface area (TPSA) is 78.6 Å². The second-order valence-corrected chi connectivity index (χ2v) is 2.13. The summed E-state index contributed by atoms with van der Waals surface area (Å²) >= 11 is 3.73. The molecule has 0 aliphatic rings. The summed E-state index contributed by atoms with van der Waals surface area (Å²) < 4.78 is 0. The fourth-order valence-corrected chi connectivity index (χ4v) is 0.385. The van der Waals surface area contributed by atoms with Crippen molar-refractivity contribution in [3.8, 4) is 0 Å². The lowest BCUT2D eigenvalue weighted by Crippen LogP contribution is -2.34. The maximum Gasteiger partial charge on any atom is 0.372 e. The van der Waals surface area contributed by atoms with Gasteiger partial charge in [0.05, 0.1) is 0 Å². The highest BCUT2D eigenvalue weighted by Gasteiger charge is 2.15. The predicted octanol–water partition coefficient (Wildman–Crippen LogP) is -0.735. The quantitative estimate of drug-likeness (QED) is 0.332. The van der Waals surface area contributed by atoms with E-state index < -0.39 is 18.0 Å². The number of nitrogens with two attached hydrogens (primary N) is 1. The van der Waals surface area contributed by atoms with E-state index >= 15 is 0 Å². The molecule has 1 unspecified atom stereocenters. The highest BCUT2D eigenvalue weighted by Crippen LogP contribution is 1.89. The molecule has 0 saturated carbocycles. The Kier molecular flexibility index (Phi) is 4.64. The van der Waals surface area contributed by atoms with Crippen LogP contribution in [0.2, 0.25) is 0 Å². The molecule has 0 amide bonds. The summed E-state index contributed by atoms with van der Waals surface area (Å²) in [5, 5.41) is 0. The number of carbonyl (C=O) groups excluding carboxylic acids is 2. The van der Waals surface area contributed by atoms with Crippen molar-refractivity contribution >= 4 is 24.6 Å². The molecule has 0 rings (SSSR count). The van der Waals surface area contributed by atoms with Gasteiger partial charge in [0.2, 0.25) is 0 Å². The van der Waals surface area contributed by atoms with Crippen LogP contribution < -0.4 is 5.73 Å². The Morgan fingerprint density at radius 1 is 1.55 bits per heavy atom. The molecule has 0 saturated heterocycles. The standard InChI is InChI=1S/C5H9NO4S/c1-3(7)9-10-5(8)4(6)2-11/h4,11H,2,6H2,1H3. The Balaban J connectivity index is 3.60. The maximum absolute atomic E-state index is 10.6. The van der Waals surface area contributed by atoms with Crippen LogP contribution in [-0.4, -0.2) is 23.7 Å². The molecule has 0 heterocycles. The van der Waals surface area contributed by atoms with Crippen molar-refractivity contribution in [3.05, 3.63) is 0 Å². The smallest absolute Gasteiger partial charge is 0.318 e. The van der Waals surface area contributed by atoms with Crippen LogP contribution in [0.25, 0.3) is 0 Å². The lowest BCUT2D eigenvalue weighted by atomic mass is 10.4. The van der Waals surface area contributed by atoms with Crippen LogP contribution in [0.15, 0.2) is 0 Å². The van der Waals surface area contributed by atoms with Gasteiger partial charge in [0.1, 0.15) is 6.04 Å². The van der Waals surface area contributed by atoms with Crippen molar-refractivity contribution in [2.75, 3.05) is 5.75 Å². The molecule has 0 aliphatic heterocycles. The normalized spacial score (nSPS) is 11.9. The number of hydrogen-bond donors (Lipinski definition) is 2. The van der Waals surface area contributed by atoms with E-state index in [1.165, 1.54) is 0 Å². The van der Waals surface area contributed by atoms with Crippen molar-refractivity contribution in [1.82, 2.24) is 0 Å². The number of hydrogen-bond acceptors (Lipinski definition) is 6. The molecule has 64 valence electrons. The van der Waals surface area contributed by atoms with Gasteiger partial charge in [-0.2, -0.15) is 12.6 Å². The molecule has 1 atom stereocenters. The minimum atomic E-state index is -0.863. The first-order chi connectivity index (χ1) is 5.07. The zero-order valence-corrected chi connectivity index (χ0v) is 6.84. The van der Waals surface area contributed by atoms with Gasteiger partial charge >= 0.3 is 11.9 Å². The molecule has 0 aliphatic carbocycles. The van der Waals surface area contributed by atoms with Crippen molar-refractivity contribution < 1.29 is 19.4 Å². The summed E-state index contributed by atoms with van der Waals surface area (Å²) in [5.74, 6) is -1.37. The third-order valence-electron chi connectivity index (χ3n) is 0.741. The van der Waals surface area contributed by atoms with Crippen LogP contribution in [0.5, 0.6) is 0 Å². The second-order valence-electron chi connectivity index (χ2n) is 1.77. The van der Waals surface area contributed by atoms with Crippen molar-refractivity contribution in [2.45, 2.75) is 13.0 Å². The van der Waals surface area contributed by atoms with E-state index in [2.05, 4.69) is 22.4 Å². The van der Waals surface area contributed by atoms with Crippen LogP contribution in [-0.2, 0) is 19.4 Å². The first-order valence-corrected chi connectivity index (χ1v) is 3.46. The van der Waals surface area contributed by atoms with Crippen LogP contribution in [0.4, 0.5) is 0 Å². The Morgan fingerprint density at radius 2 is 2.09 bits per heavy atom. The first kappa shape index (κ1) is 10.2. The molecule has 11 heavy (non-hydrogen) atoms. The van der Waals surface area contributed by atoms with E-state index in [9.17, 15) is 9.59 Å². The van der Waals surface area contributed by atoms with Gasteiger partial charge in [-0.3, -0.25) is 0 Å². The van der Waals surface area contributed by atoms with E-state index in [4.69, 9.17) is 5.73 Å². The Hall–Kier alpha value is -0.750. The average molecular weight is 179 g/mol. The lowest BCUT2D eigenvalue weighted by molar-refractivity contribution is -0.257. The highest BCUT2D eigenvalue weighted by molar-refractivity contribution is 7.80. The number of rotatable bonds is 2. The van der Waals surface area contributed by atoms with E-state index in [1.54, 1.807) is 0 Å². The van der Waals surface area contributed by atoms with E-state index in [0.29, 0.717) is 0 Å². The molecule has 0 fully saturated rings. The van der Waals surface area contributed by atoms with Crippen LogP contribution in [0, 0.1) is 0 Å². The van der Waals surface area contributed by atoms with Crippen LogP contribution in [0.1, 0.15) is 6.92 Å². The fraction of sp³-hybridized carbons (Fsp3) is 0.600. The number of carbonyl (C=O) groups is 2. The predicted molar refractivity (Wildman–Crippen MR) is 39.7 cm³/mol. The Bertz CT molecular complexity index is 161. The Morgan fingerprint density at radius 3 is 2.45 bits per heavy atom. The van der Waals surface area contributed by atoms with E-state index in [-0.39, 0.29) is 5.75 Å². The molecule has 0 aromatic rings. The molecule has 0 aromatic carbocycles. The average Bonchev–Trinajstić information content (AvgIpc) is 1.98. The summed E-state index contributed by atoms with van der Waals surface area (Å²) in [5.41, 5.74) is 5.16.